The first kappa shape index (κ1) is 24.2. The third-order valence-corrected chi connectivity index (χ3v) is 5.46. The fourth-order valence-electron chi connectivity index (χ4n) is 3.59. The van der Waals surface area contributed by atoms with E-state index in [1.807, 2.05) is 48.5 Å². The van der Waals surface area contributed by atoms with Crippen molar-refractivity contribution in [1.82, 2.24) is 4.90 Å². The summed E-state index contributed by atoms with van der Waals surface area (Å²) < 4.78 is 8.37. The molecule has 170 valence electrons. The van der Waals surface area contributed by atoms with E-state index in [0.717, 1.165) is 27.2 Å². The van der Waals surface area contributed by atoms with Gasteiger partial charge < -0.3 is 14.6 Å². The first-order chi connectivity index (χ1) is 15.1. The van der Waals surface area contributed by atoms with E-state index in [9.17, 15) is 19.5 Å². The minimum Gasteiger partial charge on any atom is -0.480 e. The zero-order valence-electron chi connectivity index (χ0n) is 17.0. The largest absolute Gasteiger partial charge is 0.480 e. The van der Waals surface area contributed by atoms with Crippen molar-refractivity contribution in [1.29, 1.82) is 0 Å². The molecule has 1 aliphatic carbocycles. The molecule has 0 aromatic heterocycles. The van der Waals surface area contributed by atoms with Crippen molar-refractivity contribution >= 4 is 52.8 Å². The minimum atomic E-state index is -1.83. The van der Waals surface area contributed by atoms with Crippen molar-refractivity contribution in [2.24, 2.45) is 0 Å². The minimum absolute atomic E-state index is 0.0151. The van der Waals surface area contributed by atoms with Gasteiger partial charge in [0.15, 0.2) is 0 Å². The van der Waals surface area contributed by atoms with Crippen LogP contribution in [0.25, 0.3) is 11.1 Å². The van der Waals surface area contributed by atoms with E-state index in [1.165, 1.54) is 7.05 Å². The summed E-state index contributed by atoms with van der Waals surface area (Å²) >= 11 is 16.6. The van der Waals surface area contributed by atoms with Crippen LogP contribution in [0.1, 0.15) is 23.5 Å². The molecule has 0 heterocycles. The number of benzene rings is 2. The second-order valence-electron chi connectivity index (χ2n) is 7.25. The van der Waals surface area contributed by atoms with Gasteiger partial charge >= 0.3 is 18.0 Å². The number of aliphatic carboxylic acids is 1. The number of carboxylic acids is 1. The van der Waals surface area contributed by atoms with Crippen LogP contribution in [-0.4, -0.2) is 58.1 Å². The SMILES string of the molecule is CN(C(=O)OCC1c2ccccc2-c2ccccc21)C(CC(=O)OCC(Cl)(Cl)Cl)C(=O)O. The predicted octanol–water partition coefficient (Wildman–Crippen LogP) is 4.62. The molecule has 0 saturated heterocycles. The zero-order chi connectivity index (χ0) is 23.5. The Morgan fingerprint density at radius 1 is 1.00 bits per heavy atom. The Labute approximate surface area is 199 Å². The van der Waals surface area contributed by atoms with Crippen LogP contribution in [0.5, 0.6) is 0 Å². The molecule has 1 atom stereocenters. The molecule has 10 heteroatoms. The van der Waals surface area contributed by atoms with Crippen LogP contribution in [0, 0.1) is 0 Å². The molecule has 0 fully saturated rings. The number of carbonyl (C=O) groups is 3. The quantitative estimate of drug-likeness (QED) is 0.440. The van der Waals surface area contributed by atoms with Crippen LogP contribution in [0.3, 0.4) is 0 Å². The highest BCUT2D eigenvalue weighted by molar-refractivity contribution is 6.67. The molecule has 1 unspecified atom stereocenters. The second-order valence-corrected chi connectivity index (χ2v) is 9.76. The van der Waals surface area contributed by atoms with Gasteiger partial charge in [0.25, 0.3) is 0 Å². The number of nitrogens with zero attached hydrogens (tertiary/aromatic N) is 1. The van der Waals surface area contributed by atoms with Crippen molar-refractivity contribution < 1.29 is 29.0 Å². The summed E-state index contributed by atoms with van der Waals surface area (Å²) in [7, 11) is 1.24. The van der Waals surface area contributed by atoms with E-state index in [0.29, 0.717) is 0 Å². The number of esters is 1. The molecule has 0 aliphatic heterocycles. The lowest BCUT2D eigenvalue weighted by Gasteiger charge is -2.25. The average molecular weight is 501 g/mol. The van der Waals surface area contributed by atoms with E-state index in [-0.39, 0.29) is 12.5 Å². The summed E-state index contributed by atoms with van der Waals surface area (Å²) in [6.07, 6.45) is -1.51. The highest BCUT2D eigenvalue weighted by atomic mass is 35.6. The number of hydrogen-bond donors (Lipinski definition) is 1. The van der Waals surface area contributed by atoms with Crippen LogP contribution < -0.4 is 0 Å². The fourth-order valence-corrected chi connectivity index (χ4v) is 3.76. The van der Waals surface area contributed by atoms with E-state index in [1.54, 1.807) is 0 Å². The van der Waals surface area contributed by atoms with Crippen molar-refractivity contribution in [3.05, 3.63) is 59.7 Å². The predicted molar refractivity (Wildman–Crippen MR) is 120 cm³/mol. The van der Waals surface area contributed by atoms with Gasteiger partial charge in [-0.25, -0.2) is 9.59 Å². The molecule has 0 spiro atoms. The van der Waals surface area contributed by atoms with Gasteiger partial charge in [0.05, 0.1) is 6.42 Å². The third kappa shape index (κ3) is 5.65. The topological polar surface area (TPSA) is 93.1 Å². The number of carbonyl (C=O) groups excluding carboxylic acids is 2. The Morgan fingerprint density at radius 3 is 2.03 bits per heavy atom. The normalized spacial score (nSPS) is 13.6. The summed E-state index contributed by atoms with van der Waals surface area (Å²) in [6, 6.07) is 14.2. The fraction of sp³-hybridized carbons (Fsp3) is 0.318. The number of fused-ring (bicyclic) bond motifs is 3. The van der Waals surface area contributed by atoms with Crippen molar-refractivity contribution in [3.8, 4) is 11.1 Å². The highest BCUT2D eigenvalue weighted by Gasteiger charge is 2.34. The van der Waals surface area contributed by atoms with Crippen LogP contribution in [0.4, 0.5) is 4.79 Å². The number of alkyl halides is 3. The molecule has 0 radical (unpaired) electrons. The van der Waals surface area contributed by atoms with E-state index in [2.05, 4.69) is 0 Å². The van der Waals surface area contributed by atoms with Gasteiger partial charge in [-0.15, -0.1) is 0 Å². The van der Waals surface area contributed by atoms with Crippen molar-refractivity contribution in [2.45, 2.75) is 22.2 Å². The first-order valence-electron chi connectivity index (χ1n) is 9.61. The molecule has 2 aromatic rings. The number of halogens is 3. The van der Waals surface area contributed by atoms with E-state index in [4.69, 9.17) is 44.3 Å². The molecule has 32 heavy (non-hydrogen) atoms. The Balaban J connectivity index is 1.66. The lowest BCUT2D eigenvalue weighted by molar-refractivity contribution is -0.151. The summed E-state index contributed by atoms with van der Waals surface area (Å²) in [5.41, 5.74) is 4.18. The number of carboxylic acid groups (broad SMARTS) is 1. The molecular formula is C22H20Cl3NO6. The maximum Gasteiger partial charge on any atom is 0.410 e. The van der Waals surface area contributed by atoms with E-state index < -0.39 is 40.9 Å². The van der Waals surface area contributed by atoms with Gasteiger partial charge in [-0.1, -0.05) is 83.3 Å². The van der Waals surface area contributed by atoms with Gasteiger partial charge in [0, 0.05) is 13.0 Å². The van der Waals surface area contributed by atoms with Crippen LogP contribution >= 0.6 is 34.8 Å². The number of likely N-dealkylation sites (N-methyl/N-ethyl adjacent to an activating group) is 1. The lowest BCUT2D eigenvalue weighted by atomic mass is 9.98. The lowest BCUT2D eigenvalue weighted by Crippen LogP contribution is -2.44. The van der Waals surface area contributed by atoms with Crippen LogP contribution in [0.2, 0.25) is 0 Å². The molecule has 1 N–H and O–H groups in total. The van der Waals surface area contributed by atoms with Gasteiger partial charge in [0.2, 0.25) is 3.79 Å². The summed E-state index contributed by atoms with van der Waals surface area (Å²) in [5, 5.41) is 9.47. The number of rotatable bonds is 7. The smallest absolute Gasteiger partial charge is 0.410 e. The average Bonchev–Trinajstić information content (AvgIpc) is 3.07. The van der Waals surface area contributed by atoms with Gasteiger partial charge in [0.1, 0.15) is 19.3 Å². The summed E-state index contributed by atoms with van der Waals surface area (Å²) in [4.78, 5) is 37.0. The van der Waals surface area contributed by atoms with Gasteiger partial charge in [-0.05, 0) is 22.3 Å². The number of ether oxygens (including phenoxy) is 2. The van der Waals surface area contributed by atoms with Crippen molar-refractivity contribution in [2.75, 3.05) is 20.3 Å². The standard InChI is InChI=1S/C22H20Cl3NO6/c1-26(18(20(28)29)10-19(27)32-12-22(23,24)25)21(30)31-11-17-15-8-4-2-6-13(15)14-7-3-5-9-16(14)17/h2-9,17-18H,10-12H2,1H3,(H,28,29). The van der Waals surface area contributed by atoms with Crippen LogP contribution in [0.15, 0.2) is 48.5 Å². The molecule has 0 saturated carbocycles. The molecule has 0 bridgehead atoms. The number of amides is 1. The molecule has 1 aliphatic rings. The first-order valence-corrected chi connectivity index (χ1v) is 10.7. The Hall–Kier alpha value is -2.48. The summed E-state index contributed by atoms with van der Waals surface area (Å²) in [5.74, 6) is -2.51. The third-order valence-electron chi connectivity index (χ3n) is 5.13. The Kier molecular flexibility index (Phi) is 7.54. The Bertz CT molecular complexity index is 977. The Morgan fingerprint density at radius 2 is 1.53 bits per heavy atom. The van der Waals surface area contributed by atoms with E-state index >= 15 is 0 Å². The highest BCUT2D eigenvalue weighted by Crippen LogP contribution is 2.44. The second kappa shape index (κ2) is 9.98. The molecule has 3 rings (SSSR count). The number of hydrogen-bond acceptors (Lipinski definition) is 5. The molecule has 1 amide bonds. The monoisotopic (exact) mass is 499 g/mol. The molecule has 7 nitrogen and oxygen atoms in total. The zero-order valence-corrected chi connectivity index (χ0v) is 19.2. The molecule has 2 aromatic carbocycles. The van der Waals surface area contributed by atoms with Crippen molar-refractivity contribution in [3.63, 3.8) is 0 Å². The molecular weight excluding hydrogens is 481 g/mol. The maximum absolute atomic E-state index is 12.6. The van der Waals surface area contributed by atoms with Crippen LogP contribution in [-0.2, 0) is 19.1 Å². The van der Waals surface area contributed by atoms with Gasteiger partial charge in [-0.2, -0.15) is 0 Å². The maximum atomic E-state index is 12.6. The van der Waals surface area contributed by atoms with Gasteiger partial charge in [-0.3, -0.25) is 9.69 Å². The summed E-state index contributed by atoms with van der Waals surface area (Å²) in [6.45, 7) is -0.529.